The summed E-state index contributed by atoms with van der Waals surface area (Å²) >= 11 is 7.34. The molecule has 2 amide bonds. The Hall–Kier alpha value is -3.56. The molecule has 4 aromatic rings. The number of carbonyl (C=O) groups excluding carboxylic acids is 2. The van der Waals surface area contributed by atoms with Crippen molar-refractivity contribution in [2.24, 2.45) is 0 Å². The molecule has 0 saturated carbocycles. The summed E-state index contributed by atoms with van der Waals surface area (Å²) in [5, 5.41) is 12.2. The van der Waals surface area contributed by atoms with Crippen LogP contribution >= 0.6 is 23.4 Å². The minimum absolute atomic E-state index is 0.0319. The van der Waals surface area contributed by atoms with Gasteiger partial charge in [-0.2, -0.15) is 0 Å². The van der Waals surface area contributed by atoms with Gasteiger partial charge in [-0.05, 0) is 55.5 Å². The number of nitrogens with zero attached hydrogens (tertiary/aromatic N) is 4. The lowest BCUT2D eigenvalue weighted by Gasteiger charge is -2.30. The number of fused-ring (bicyclic) bond motifs is 1. The van der Waals surface area contributed by atoms with Crippen LogP contribution < -0.4 is 10.2 Å². The van der Waals surface area contributed by atoms with E-state index < -0.39 is 5.25 Å². The highest BCUT2D eigenvalue weighted by atomic mass is 35.5. The first-order valence-electron chi connectivity index (χ1n) is 10.6. The van der Waals surface area contributed by atoms with E-state index in [1.165, 1.54) is 16.7 Å². The molecule has 34 heavy (non-hydrogen) atoms. The minimum Gasteiger partial charge on any atom is -0.467 e. The third-order valence-electron chi connectivity index (χ3n) is 5.38. The molecule has 0 aliphatic carbocycles. The molecule has 2 aromatic carbocycles. The van der Waals surface area contributed by atoms with E-state index in [2.05, 4.69) is 15.5 Å². The Morgan fingerprint density at radius 2 is 1.94 bits per heavy atom. The van der Waals surface area contributed by atoms with Crippen LogP contribution in [0.5, 0.6) is 0 Å². The van der Waals surface area contributed by atoms with E-state index in [0.29, 0.717) is 33.9 Å². The molecule has 1 atom stereocenters. The lowest BCUT2D eigenvalue weighted by Crippen LogP contribution is -2.45. The third-order valence-corrected chi connectivity index (χ3v) is 6.70. The Morgan fingerprint density at radius 1 is 1.15 bits per heavy atom. The van der Waals surface area contributed by atoms with E-state index in [1.807, 2.05) is 47.0 Å². The number of rotatable bonds is 6. The quantitative estimate of drug-likeness (QED) is 0.391. The van der Waals surface area contributed by atoms with Gasteiger partial charge in [0, 0.05) is 10.6 Å². The van der Waals surface area contributed by atoms with Crippen LogP contribution in [-0.2, 0) is 16.1 Å². The van der Waals surface area contributed by atoms with Gasteiger partial charge in [0.05, 0.1) is 29.4 Å². The molecule has 10 heteroatoms. The van der Waals surface area contributed by atoms with Gasteiger partial charge in [-0.15, -0.1) is 10.2 Å². The number of anilines is 2. The summed E-state index contributed by atoms with van der Waals surface area (Å²) in [6.07, 6.45) is 1.61. The number of thioether (sulfide) groups is 1. The largest absolute Gasteiger partial charge is 0.467 e. The van der Waals surface area contributed by atoms with Crippen LogP contribution in [0, 0.1) is 0 Å². The topological polar surface area (TPSA) is 93.3 Å². The number of nitrogens with one attached hydrogen (secondary N) is 1. The monoisotopic (exact) mass is 493 g/mol. The van der Waals surface area contributed by atoms with Gasteiger partial charge in [-0.25, -0.2) is 0 Å². The second-order valence-electron chi connectivity index (χ2n) is 7.73. The van der Waals surface area contributed by atoms with Gasteiger partial charge in [0.1, 0.15) is 12.3 Å². The molecular formula is C24H20ClN5O3S. The van der Waals surface area contributed by atoms with Crippen molar-refractivity contribution in [3.05, 3.63) is 77.7 Å². The molecule has 0 fully saturated rings. The molecule has 172 valence electrons. The van der Waals surface area contributed by atoms with Crippen molar-refractivity contribution in [1.29, 1.82) is 0 Å². The van der Waals surface area contributed by atoms with Crippen LogP contribution in [0.25, 0.3) is 11.4 Å². The summed E-state index contributed by atoms with van der Waals surface area (Å²) in [6.45, 7) is 2.17. The number of benzene rings is 2. The lowest BCUT2D eigenvalue weighted by atomic mass is 10.2. The molecule has 0 radical (unpaired) electrons. The first-order chi connectivity index (χ1) is 16.5. The van der Waals surface area contributed by atoms with Gasteiger partial charge in [0.2, 0.25) is 11.8 Å². The molecule has 8 nitrogen and oxygen atoms in total. The predicted molar refractivity (Wildman–Crippen MR) is 131 cm³/mol. The zero-order valence-corrected chi connectivity index (χ0v) is 19.7. The fraction of sp³-hybridized carbons (Fsp3) is 0.167. The van der Waals surface area contributed by atoms with Crippen LogP contribution in [-0.4, -0.2) is 38.4 Å². The number of para-hydroxylation sites is 2. The second kappa shape index (κ2) is 9.36. The highest BCUT2D eigenvalue weighted by Gasteiger charge is 2.31. The van der Waals surface area contributed by atoms with Crippen LogP contribution in [0.15, 0.2) is 76.5 Å². The van der Waals surface area contributed by atoms with Crippen molar-refractivity contribution >= 4 is 46.6 Å². The van der Waals surface area contributed by atoms with E-state index in [-0.39, 0.29) is 18.4 Å². The van der Waals surface area contributed by atoms with Gasteiger partial charge in [0.25, 0.3) is 0 Å². The molecule has 1 N–H and O–H groups in total. The average Bonchev–Trinajstić information content (AvgIpc) is 3.49. The van der Waals surface area contributed by atoms with Crippen molar-refractivity contribution in [2.75, 3.05) is 16.8 Å². The second-order valence-corrected chi connectivity index (χ2v) is 9.47. The number of carbonyl (C=O) groups is 2. The first-order valence-corrected chi connectivity index (χ1v) is 11.8. The Labute approximate surface area is 204 Å². The van der Waals surface area contributed by atoms with E-state index in [9.17, 15) is 9.59 Å². The smallest absolute Gasteiger partial charge is 0.244 e. The summed E-state index contributed by atoms with van der Waals surface area (Å²) < 4.78 is 7.45. The van der Waals surface area contributed by atoms with Crippen molar-refractivity contribution in [3.8, 4) is 11.4 Å². The average molecular weight is 494 g/mol. The number of hydrogen-bond donors (Lipinski definition) is 1. The van der Waals surface area contributed by atoms with Gasteiger partial charge in [-0.3, -0.25) is 19.1 Å². The minimum atomic E-state index is -0.517. The van der Waals surface area contributed by atoms with E-state index >= 15 is 0 Å². The number of halogens is 1. The number of aromatic nitrogens is 3. The Balaban J connectivity index is 1.44. The fourth-order valence-corrected chi connectivity index (χ4v) is 4.78. The molecule has 2 aromatic heterocycles. The normalized spacial score (nSPS) is 13.9. The van der Waals surface area contributed by atoms with Crippen LogP contribution in [0.2, 0.25) is 5.02 Å². The summed E-state index contributed by atoms with van der Waals surface area (Å²) in [5.41, 5.74) is 2.14. The Kier molecular flexibility index (Phi) is 6.12. The van der Waals surface area contributed by atoms with Crippen LogP contribution in [0.3, 0.4) is 0 Å². The maximum absolute atomic E-state index is 13.4. The van der Waals surface area contributed by atoms with Crippen molar-refractivity contribution in [2.45, 2.75) is 23.9 Å². The maximum Gasteiger partial charge on any atom is 0.244 e. The Bertz CT molecular complexity index is 1340. The predicted octanol–water partition coefficient (Wildman–Crippen LogP) is 4.71. The van der Waals surface area contributed by atoms with Crippen molar-refractivity contribution < 1.29 is 14.0 Å². The van der Waals surface area contributed by atoms with Crippen LogP contribution in [0.4, 0.5) is 11.4 Å². The molecule has 5 rings (SSSR count). The zero-order chi connectivity index (χ0) is 23.7. The zero-order valence-electron chi connectivity index (χ0n) is 18.1. The lowest BCUT2D eigenvalue weighted by molar-refractivity contribution is -0.121. The molecule has 0 bridgehead atoms. The number of hydrogen-bond acceptors (Lipinski definition) is 6. The van der Waals surface area contributed by atoms with Gasteiger partial charge >= 0.3 is 0 Å². The Morgan fingerprint density at radius 3 is 2.71 bits per heavy atom. The van der Waals surface area contributed by atoms with E-state index in [1.54, 1.807) is 31.4 Å². The molecule has 0 spiro atoms. The summed E-state index contributed by atoms with van der Waals surface area (Å²) in [4.78, 5) is 27.1. The molecule has 0 unspecified atom stereocenters. The van der Waals surface area contributed by atoms with Crippen molar-refractivity contribution in [1.82, 2.24) is 14.8 Å². The van der Waals surface area contributed by atoms with E-state index in [0.717, 1.165) is 11.3 Å². The SMILES string of the molecule is C[C@@H](Sc1nnc(-c2ccc(Cl)cc2)n1Cc1ccco1)C(=O)N1CC(=O)Nc2ccccc21. The van der Waals surface area contributed by atoms with E-state index in [4.69, 9.17) is 16.0 Å². The number of furan rings is 1. The molecular weight excluding hydrogens is 474 g/mol. The standard InChI is InChI=1S/C24H20ClN5O3S/c1-15(23(32)29-14-21(31)26-19-6-2-3-7-20(19)29)34-24-28-27-22(16-8-10-17(25)11-9-16)30(24)13-18-5-4-12-33-18/h2-12,15H,13-14H2,1H3,(H,26,31)/t15-/m1/s1. The summed E-state index contributed by atoms with van der Waals surface area (Å²) in [5.74, 6) is 0.957. The number of amides is 2. The summed E-state index contributed by atoms with van der Waals surface area (Å²) in [7, 11) is 0. The third kappa shape index (κ3) is 4.44. The fourth-order valence-electron chi connectivity index (χ4n) is 3.75. The highest BCUT2D eigenvalue weighted by Crippen LogP contribution is 2.33. The highest BCUT2D eigenvalue weighted by molar-refractivity contribution is 8.00. The van der Waals surface area contributed by atoms with Gasteiger partial charge in [0.15, 0.2) is 11.0 Å². The molecule has 1 aliphatic heterocycles. The molecule has 0 saturated heterocycles. The van der Waals surface area contributed by atoms with Crippen molar-refractivity contribution in [3.63, 3.8) is 0 Å². The molecule has 1 aliphatic rings. The first kappa shape index (κ1) is 22.2. The van der Waals surface area contributed by atoms with Gasteiger partial charge in [-0.1, -0.05) is 35.5 Å². The van der Waals surface area contributed by atoms with Gasteiger partial charge < -0.3 is 9.73 Å². The van der Waals surface area contributed by atoms with Crippen LogP contribution in [0.1, 0.15) is 12.7 Å². The summed E-state index contributed by atoms with van der Waals surface area (Å²) in [6, 6.07) is 18.3. The molecule has 3 heterocycles. The maximum atomic E-state index is 13.4.